The molecule has 0 aliphatic carbocycles. The molecule has 1 N–H and O–H groups in total. The van der Waals surface area contributed by atoms with Crippen LogP contribution in [0.1, 0.15) is 25.2 Å². The van der Waals surface area contributed by atoms with Crippen LogP contribution in [0, 0.1) is 0 Å². The minimum absolute atomic E-state index is 0.715. The van der Waals surface area contributed by atoms with Gasteiger partial charge in [-0.05, 0) is 13.5 Å². The summed E-state index contributed by atoms with van der Waals surface area (Å²) in [6.45, 7) is 7.52. The molecule has 6 heteroatoms. The number of imidazole rings is 1. The van der Waals surface area contributed by atoms with E-state index in [0.29, 0.717) is 6.54 Å². The van der Waals surface area contributed by atoms with E-state index in [1.54, 1.807) is 0 Å². The number of hydrogen-bond donors (Lipinski definition) is 1. The largest absolute Gasteiger partial charge is 0.333 e. The third-order valence-electron chi connectivity index (χ3n) is 2.61. The van der Waals surface area contributed by atoms with Gasteiger partial charge in [0.05, 0.1) is 36.7 Å². The van der Waals surface area contributed by atoms with Gasteiger partial charge in [-0.25, -0.2) is 9.67 Å². The number of aryl methyl sites for hydroxylation is 1. The number of nitrogens with zero attached hydrogens (tertiary/aromatic N) is 5. The van der Waals surface area contributed by atoms with Crippen molar-refractivity contribution in [1.29, 1.82) is 0 Å². The van der Waals surface area contributed by atoms with Gasteiger partial charge in [0.25, 0.3) is 0 Å². The van der Waals surface area contributed by atoms with Gasteiger partial charge < -0.3 is 9.88 Å². The topological polar surface area (TPSA) is 60.6 Å². The van der Waals surface area contributed by atoms with E-state index in [9.17, 15) is 0 Å². The Bertz CT molecular complexity index is 458. The highest BCUT2D eigenvalue weighted by Crippen LogP contribution is 2.02. The summed E-state index contributed by atoms with van der Waals surface area (Å²) in [5.74, 6) is 0. The van der Waals surface area contributed by atoms with Crippen LogP contribution in [0.25, 0.3) is 0 Å². The fourth-order valence-electron chi connectivity index (χ4n) is 1.68. The van der Waals surface area contributed by atoms with Crippen LogP contribution in [-0.4, -0.2) is 31.1 Å². The van der Waals surface area contributed by atoms with Crippen molar-refractivity contribution in [1.82, 2.24) is 29.9 Å². The lowest BCUT2D eigenvalue weighted by molar-refractivity contribution is 0.602. The van der Waals surface area contributed by atoms with Gasteiger partial charge in [-0.15, -0.1) is 5.10 Å². The molecule has 0 aliphatic heterocycles. The molecule has 0 aromatic carbocycles. The number of nitrogens with one attached hydrogen (secondary N) is 1. The molecule has 0 unspecified atom stereocenters. The van der Waals surface area contributed by atoms with Crippen molar-refractivity contribution in [2.24, 2.45) is 0 Å². The lowest BCUT2D eigenvalue weighted by Gasteiger charge is -2.03. The second kappa shape index (κ2) is 5.58. The fourth-order valence-corrected chi connectivity index (χ4v) is 1.68. The van der Waals surface area contributed by atoms with Crippen LogP contribution >= 0.6 is 0 Å². The second-order valence-electron chi connectivity index (χ2n) is 3.86. The van der Waals surface area contributed by atoms with Gasteiger partial charge in [-0.1, -0.05) is 12.1 Å². The predicted molar refractivity (Wildman–Crippen MR) is 64.4 cm³/mol. The zero-order chi connectivity index (χ0) is 12.1. The van der Waals surface area contributed by atoms with E-state index in [1.165, 1.54) is 0 Å². The Balaban J connectivity index is 2.01. The van der Waals surface area contributed by atoms with E-state index in [4.69, 9.17) is 0 Å². The van der Waals surface area contributed by atoms with Crippen molar-refractivity contribution < 1.29 is 0 Å². The van der Waals surface area contributed by atoms with Crippen LogP contribution in [0.15, 0.2) is 18.7 Å². The molecule has 6 nitrogen and oxygen atoms in total. The average Bonchev–Trinajstić information content (AvgIpc) is 2.96. The Morgan fingerprint density at radius 2 is 2.24 bits per heavy atom. The SMILES string of the molecule is CCNCc1cn(Cc2cncn2CC)nn1. The van der Waals surface area contributed by atoms with Gasteiger partial charge in [0, 0.05) is 13.1 Å². The maximum Gasteiger partial charge on any atom is 0.0964 e. The number of aromatic nitrogens is 5. The van der Waals surface area contributed by atoms with E-state index < -0.39 is 0 Å². The predicted octanol–water partition coefficient (Wildman–Crippen LogP) is 0.652. The summed E-state index contributed by atoms with van der Waals surface area (Å²) in [7, 11) is 0. The molecule has 0 saturated carbocycles. The first kappa shape index (κ1) is 11.8. The standard InChI is InChI=1S/C11H18N6/c1-3-12-5-10-7-17(15-14-10)8-11-6-13-9-16(11)4-2/h6-7,9,12H,3-5,8H2,1-2H3. The van der Waals surface area contributed by atoms with Crippen molar-refractivity contribution >= 4 is 0 Å². The molecule has 0 radical (unpaired) electrons. The van der Waals surface area contributed by atoms with Crippen molar-refractivity contribution in [3.8, 4) is 0 Å². The van der Waals surface area contributed by atoms with Gasteiger partial charge >= 0.3 is 0 Å². The quantitative estimate of drug-likeness (QED) is 0.797. The van der Waals surface area contributed by atoms with Crippen LogP contribution in [-0.2, 0) is 19.6 Å². The molecular weight excluding hydrogens is 216 g/mol. The number of hydrogen-bond acceptors (Lipinski definition) is 4. The van der Waals surface area contributed by atoms with Crippen LogP contribution in [0.3, 0.4) is 0 Å². The monoisotopic (exact) mass is 234 g/mol. The Kier molecular flexibility index (Phi) is 3.87. The summed E-state index contributed by atoms with van der Waals surface area (Å²) in [5.41, 5.74) is 2.11. The molecule has 2 heterocycles. The van der Waals surface area contributed by atoms with Crippen LogP contribution in [0.2, 0.25) is 0 Å². The highest BCUT2D eigenvalue weighted by molar-refractivity contribution is 5.00. The number of rotatable bonds is 6. The first-order valence-corrected chi connectivity index (χ1v) is 5.92. The molecule has 0 saturated heterocycles. The van der Waals surface area contributed by atoms with E-state index >= 15 is 0 Å². The fraction of sp³-hybridized carbons (Fsp3) is 0.545. The lowest BCUT2D eigenvalue weighted by Crippen LogP contribution is -2.11. The zero-order valence-electron chi connectivity index (χ0n) is 10.3. The maximum atomic E-state index is 4.13. The normalized spacial score (nSPS) is 10.9. The average molecular weight is 234 g/mol. The first-order chi connectivity index (χ1) is 8.33. The van der Waals surface area contributed by atoms with Crippen molar-refractivity contribution in [2.75, 3.05) is 6.54 Å². The molecule has 2 aromatic heterocycles. The molecule has 0 amide bonds. The Hall–Kier alpha value is -1.69. The van der Waals surface area contributed by atoms with Gasteiger partial charge in [0.1, 0.15) is 0 Å². The van der Waals surface area contributed by atoms with E-state index in [1.807, 2.05) is 23.4 Å². The van der Waals surface area contributed by atoms with Crippen molar-refractivity contribution in [3.05, 3.63) is 30.1 Å². The smallest absolute Gasteiger partial charge is 0.0964 e. The van der Waals surface area contributed by atoms with Gasteiger partial charge in [0.2, 0.25) is 0 Å². The molecule has 2 aromatic rings. The molecular formula is C11H18N6. The molecule has 0 spiro atoms. The van der Waals surface area contributed by atoms with Crippen LogP contribution < -0.4 is 5.32 Å². The van der Waals surface area contributed by atoms with Gasteiger partial charge in [0.15, 0.2) is 0 Å². The van der Waals surface area contributed by atoms with E-state index in [-0.39, 0.29) is 0 Å². The Morgan fingerprint density at radius 1 is 1.35 bits per heavy atom. The minimum atomic E-state index is 0.715. The lowest BCUT2D eigenvalue weighted by atomic mass is 10.4. The second-order valence-corrected chi connectivity index (χ2v) is 3.86. The molecule has 17 heavy (non-hydrogen) atoms. The summed E-state index contributed by atoms with van der Waals surface area (Å²) in [6.07, 6.45) is 5.68. The Labute approximate surface area is 101 Å². The summed E-state index contributed by atoms with van der Waals surface area (Å²) in [5, 5.41) is 11.4. The molecule has 0 fully saturated rings. The van der Waals surface area contributed by atoms with E-state index in [0.717, 1.165) is 31.0 Å². The molecule has 0 atom stereocenters. The van der Waals surface area contributed by atoms with Crippen molar-refractivity contribution in [2.45, 2.75) is 33.5 Å². The molecule has 0 aliphatic rings. The summed E-state index contributed by atoms with van der Waals surface area (Å²) in [6, 6.07) is 0. The summed E-state index contributed by atoms with van der Waals surface area (Å²) < 4.78 is 3.95. The van der Waals surface area contributed by atoms with Crippen LogP contribution in [0.4, 0.5) is 0 Å². The summed E-state index contributed by atoms with van der Waals surface area (Å²) >= 11 is 0. The zero-order valence-corrected chi connectivity index (χ0v) is 10.3. The molecule has 0 bridgehead atoms. The van der Waals surface area contributed by atoms with Crippen molar-refractivity contribution in [3.63, 3.8) is 0 Å². The van der Waals surface area contributed by atoms with Gasteiger partial charge in [-0.2, -0.15) is 0 Å². The van der Waals surface area contributed by atoms with Crippen LogP contribution in [0.5, 0.6) is 0 Å². The highest BCUT2D eigenvalue weighted by atomic mass is 15.4. The molecule has 2 rings (SSSR count). The van der Waals surface area contributed by atoms with E-state index in [2.05, 4.69) is 39.0 Å². The minimum Gasteiger partial charge on any atom is -0.333 e. The third kappa shape index (κ3) is 2.91. The summed E-state index contributed by atoms with van der Waals surface area (Å²) in [4.78, 5) is 4.13. The molecule has 92 valence electrons. The first-order valence-electron chi connectivity index (χ1n) is 5.92. The Morgan fingerprint density at radius 3 is 3.00 bits per heavy atom. The third-order valence-corrected chi connectivity index (χ3v) is 2.61. The highest BCUT2D eigenvalue weighted by Gasteiger charge is 2.04. The van der Waals surface area contributed by atoms with Gasteiger partial charge in [-0.3, -0.25) is 0 Å². The maximum absolute atomic E-state index is 4.13.